The smallest absolute Gasteiger partial charge is 0.317 e. The molecule has 1 fully saturated rings. The Bertz CT molecular complexity index is 658. The van der Waals surface area contributed by atoms with Crippen molar-refractivity contribution in [1.82, 2.24) is 10.2 Å². The van der Waals surface area contributed by atoms with Gasteiger partial charge in [-0.15, -0.1) is 0 Å². The minimum Gasteiger partial charge on any atom is -0.334 e. The Morgan fingerprint density at radius 2 is 1.87 bits per heavy atom. The Hall–Kier alpha value is -1.56. The molecule has 2 atom stereocenters. The highest BCUT2D eigenvalue weighted by Gasteiger charge is 2.25. The van der Waals surface area contributed by atoms with Gasteiger partial charge in [0.15, 0.2) is 9.84 Å². The van der Waals surface area contributed by atoms with Crippen LogP contribution < -0.4 is 5.32 Å². The number of nitrogens with zero attached hydrogens (tertiary/aromatic N) is 1. The van der Waals surface area contributed by atoms with Crippen LogP contribution in [-0.4, -0.2) is 38.7 Å². The summed E-state index contributed by atoms with van der Waals surface area (Å²) in [4.78, 5) is 14.2. The van der Waals surface area contributed by atoms with Gasteiger partial charge in [0.05, 0.1) is 5.75 Å². The Morgan fingerprint density at radius 3 is 2.48 bits per heavy atom. The maximum Gasteiger partial charge on any atom is 0.317 e. The highest BCUT2D eigenvalue weighted by Crippen LogP contribution is 2.22. The first-order chi connectivity index (χ1) is 10.8. The van der Waals surface area contributed by atoms with Crippen molar-refractivity contribution in [3.05, 3.63) is 35.4 Å². The summed E-state index contributed by atoms with van der Waals surface area (Å²) in [6.07, 6.45) is 2.25. The molecule has 23 heavy (non-hydrogen) atoms. The van der Waals surface area contributed by atoms with Gasteiger partial charge in [0, 0.05) is 25.9 Å². The molecule has 0 spiro atoms. The van der Waals surface area contributed by atoms with E-state index in [4.69, 9.17) is 0 Å². The van der Waals surface area contributed by atoms with Crippen LogP contribution in [0.3, 0.4) is 0 Å². The Balaban J connectivity index is 1.97. The second-order valence-electron chi connectivity index (χ2n) is 6.69. The van der Waals surface area contributed by atoms with Crippen LogP contribution in [0.15, 0.2) is 24.3 Å². The lowest BCUT2D eigenvalue weighted by Gasteiger charge is -2.35. The minimum absolute atomic E-state index is 0.00267. The summed E-state index contributed by atoms with van der Waals surface area (Å²) in [6.45, 7) is 6.30. The number of hydrogen-bond acceptors (Lipinski definition) is 3. The number of rotatable bonds is 4. The van der Waals surface area contributed by atoms with Gasteiger partial charge in [-0.25, -0.2) is 13.2 Å². The monoisotopic (exact) mass is 338 g/mol. The molecule has 0 aliphatic carbocycles. The third-order valence-corrected chi connectivity index (χ3v) is 5.42. The minimum atomic E-state index is -3.10. The van der Waals surface area contributed by atoms with Crippen molar-refractivity contribution in [3.63, 3.8) is 0 Å². The van der Waals surface area contributed by atoms with Crippen molar-refractivity contribution in [2.24, 2.45) is 11.8 Å². The second-order valence-corrected chi connectivity index (χ2v) is 8.83. The normalized spacial score (nSPS) is 22.0. The fraction of sp³-hybridized carbons (Fsp3) is 0.588. The van der Waals surface area contributed by atoms with Gasteiger partial charge in [-0.05, 0) is 29.4 Å². The fourth-order valence-electron chi connectivity index (χ4n) is 2.88. The molecule has 128 valence electrons. The third-order valence-electron chi connectivity index (χ3n) is 4.59. The lowest BCUT2D eigenvalue weighted by molar-refractivity contribution is 0.144. The number of benzene rings is 1. The fourth-order valence-corrected chi connectivity index (χ4v) is 3.73. The van der Waals surface area contributed by atoms with Gasteiger partial charge in [-0.1, -0.05) is 38.1 Å². The predicted octanol–water partition coefficient (Wildman–Crippen LogP) is 2.42. The van der Waals surface area contributed by atoms with E-state index in [1.807, 2.05) is 23.1 Å². The van der Waals surface area contributed by atoms with Crippen molar-refractivity contribution in [2.75, 3.05) is 19.3 Å². The van der Waals surface area contributed by atoms with Gasteiger partial charge in [0.25, 0.3) is 0 Å². The topological polar surface area (TPSA) is 66.5 Å². The van der Waals surface area contributed by atoms with Crippen LogP contribution in [0.1, 0.15) is 31.4 Å². The summed E-state index contributed by atoms with van der Waals surface area (Å²) in [5, 5.41) is 2.92. The Labute approximate surface area is 139 Å². The summed E-state index contributed by atoms with van der Waals surface area (Å²) in [6, 6.07) is 7.27. The molecular weight excluding hydrogens is 312 g/mol. The average molecular weight is 338 g/mol. The van der Waals surface area contributed by atoms with Crippen molar-refractivity contribution < 1.29 is 13.2 Å². The van der Waals surface area contributed by atoms with Crippen molar-refractivity contribution in [3.8, 4) is 0 Å². The van der Waals surface area contributed by atoms with Gasteiger partial charge in [-0.2, -0.15) is 0 Å². The molecule has 0 aromatic heterocycles. The molecule has 2 amide bonds. The highest BCUT2D eigenvalue weighted by atomic mass is 32.2. The van der Waals surface area contributed by atoms with Gasteiger partial charge in [0.1, 0.15) is 0 Å². The van der Waals surface area contributed by atoms with Crippen molar-refractivity contribution in [2.45, 2.75) is 32.6 Å². The summed E-state index contributed by atoms with van der Waals surface area (Å²) >= 11 is 0. The molecule has 1 aromatic carbocycles. The molecule has 0 radical (unpaired) electrons. The maximum atomic E-state index is 12.3. The third kappa shape index (κ3) is 5.23. The predicted molar refractivity (Wildman–Crippen MR) is 91.7 cm³/mol. The summed E-state index contributed by atoms with van der Waals surface area (Å²) in [7, 11) is -3.10. The largest absolute Gasteiger partial charge is 0.334 e. The zero-order valence-electron chi connectivity index (χ0n) is 14.1. The van der Waals surface area contributed by atoms with Crippen LogP contribution in [-0.2, 0) is 22.1 Å². The van der Waals surface area contributed by atoms with Crippen LogP contribution in [0.2, 0.25) is 0 Å². The first-order valence-electron chi connectivity index (χ1n) is 8.03. The molecule has 0 saturated carbocycles. The standard InChI is InChI=1S/C17H26N2O3S/c1-13-8-9-19(11-14(13)2)17(20)18-10-15-6-4-5-7-16(15)12-23(3,21)22/h4-7,13-14H,8-12H2,1-3H3,(H,18,20)/t13-,14+/m0/s1. The number of carbonyl (C=O) groups excluding carboxylic acids is 1. The molecule has 6 heteroatoms. The lowest BCUT2D eigenvalue weighted by Crippen LogP contribution is -2.46. The summed E-state index contributed by atoms with van der Waals surface area (Å²) < 4.78 is 23.0. The zero-order valence-corrected chi connectivity index (χ0v) is 14.9. The molecule has 2 rings (SSSR count). The average Bonchev–Trinajstić information content (AvgIpc) is 2.47. The van der Waals surface area contributed by atoms with Gasteiger partial charge >= 0.3 is 6.03 Å². The SMILES string of the molecule is C[C@@H]1CN(C(=O)NCc2ccccc2CS(C)(=O)=O)CC[C@@H]1C. The Kier molecular flexibility index (Phi) is 5.68. The Morgan fingerprint density at radius 1 is 1.22 bits per heavy atom. The van der Waals surface area contributed by atoms with Crippen molar-refractivity contribution in [1.29, 1.82) is 0 Å². The molecule has 0 unspecified atom stereocenters. The van der Waals surface area contributed by atoms with E-state index < -0.39 is 9.84 Å². The van der Waals surface area contributed by atoms with E-state index in [1.165, 1.54) is 6.26 Å². The summed E-state index contributed by atoms with van der Waals surface area (Å²) in [5.74, 6) is 1.15. The van der Waals surface area contributed by atoms with E-state index in [9.17, 15) is 13.2 Å². The molecule has 1 aliphatic heterocycles. The lowest BCUT2D eigenvalue weighted by atomic mass is 9.89. The first kappa shape index (κ1) is 17.8. The van der Waals surface area contributed by atoms with E-state index >= 15 is 0 Å². The molecule has 0 bridgehead atoms. The molecule has 1 aliphatic rings. The number of piperidine rings is 1. The van der Waals surface area contributed by atoms with E-state index in [0.29, 0.717) is 18.4 Å². The number of likely N-dealkylation sites (tertiary alicyclic amines) is 1. The van der Waals surface area contributed by atoms with E-state index in [2.05, 4.69) is 19.2 Å². The van der Waals surface area contributed by atoms with Crippen LogP contribution in [0, 0.1) is 11.8 Å². The first-order valence-corrected chi connectivity index (χ1v) is 10.1. The van der Waals surface area contributed by atoms with Crippen LogP contribution in [0.25, 0.3) is 0 Å². The highest BCUT2D eigenvalue weighted by molar-refractivity contribution is 7.89. The van der Waals surface area contributed by atoms with E-state index in [-0.39, 0.29) is 11.8 Å². The molecule has 5 nitrogen and oxygen atoms in total. The summed E-state index contributed by atoms with van der Waals surface area (Å²) in [5.41, 5.74) is 1.60. The van der Waals surface area contributed by atoms with Crippen LogP contribution in [0.5, 0.6) is 0 Å². The van der Waals surface area contributed by atoms with E-state index in [0.717, 1.165) is 30.6 Å². The van der Waals surface area contributed by atoms with Gasteiger partial charge in [0.2, 0.25) is 0 Å². The molecule has 1 aromatic rings. The second kappa shape index (κ2) is 7.34. The molecule has 1 saturated heterocycles. The maximum absolute atomic E-state index is 12.3. The van der Waals surface area contributed by atoms with Gasteiger partial charge in [-0.3, -0.25) is 0 Å². The van der Waals surface area contributed by atoms with Crippen LogP contribution in [0.4, 0.5) is 4.79 Å². The number of amides is 2. The number of carbonyl (C=O) groups is 1. The molecular formula is C17H26N2O3S. The number of sulfone groups is 1. The number of nitrogens with one attached hydrogen (secondary N) is 1. The van der Waals surface area contributed by atoms with Gasteiger partial charge < -0.3 is 10.2 Å². The molecule has 1 N–H and O–H groups in total. The zero-order chi connectivity index (χ0) is 17.0. The van der Waals surface area contributed by atoms with Crippen LogP contribution >= 0.6 is 0 Å². The number of hydrogen-bond donors (Lipinski definition) is 1. The molecule has 1 heterocycles. The number of urea groups is 1. The van der Waals surface area contributed by atoms with E-state index in [1.54, 1.807) is 6.07 Å². The quantitative estimate of drug-likeness (QED) is 0.917. The van der Waals surface area contributed by atoms with Crippen molar-refractivity contribution >= 4 is 15.9 Å².